The number of nitrogens with zero attached hydrogens (tertiary/aromatic N) is 2. The van der Waals surface area contributed by atoms with Gasteiger partial charge in [-0.1, -0.05) is 6.07 Å². The molecule has 0 saturated heterocycles. The van der Waals surface area contributed by atoms with Gasteiger partial charge in [0, 0.05) is 5.92 Å². The van der Waals surface area contributed by atoms with E-state index in [9.17, 15) is 27.9 Å². The van der Waals surface area contributed by atoms with E-state index >= 15 is 0 Å². The van der Waals surface area contributed by atoms with E-state index in [0.29, 0.717) is 5.69 Å². The summed E-state index contributed by atoms with van der Waals surface area (Å²) in [4.78, 5) is 23.4. The SMILES string of the molecule is CC(O)(CNC(=O)c1cnn(-c2cccc(C(F)(F)F)c2)c1C1CC1)C(=O)O. The molecule has 1 aromatic carbocycles. The van der Waals surface area contributed by atoms with Crippen LogP contribution in [0.3, 0.4) is 0 Å². The van der Waals surface area contributed by atoms with E-state index in [2.05, 4.69) is 10.4 Å². The monoisotopic (exact) mass is 397 g/mol. The average molecular weight is 397 g/mol. The molecule has 28 heavy (non-hydrogen) atoms. The molecule has 10 heteroatoms. The number of amides is 1. The van der Waals surface area contributed by atoms with Gasteiger partial charge in [-0.3, -0.25) is 4.79 Å². The molecule has 0 spiro atoms. The molecule has 1 aliphatic rings. The van der Waals surface area contributed by atoms with Crippen molar-refractivity contribution in [1.29, 1.82) is 0 Å². The lowest BCUT2D eigenvalue weighted by Gasteiger charge is -2.18. The summed E-state index contributed by atoms with van der Waals surface area (Å²) in [6, 6.07) is 4.63. The summed E-state index contributed by atoms with van der Waals surface area (Å²) in [6.07, 6.45) is -1.75. The number of carbonyl (C=O) groups is 2. The van der Waals surface area contributed by atoms with Crippen molar-refractivity contribution < 1.29 is 33.0 Å². The molecular formula is C18H18F3N3O4. The summed E-state index contributed by atoms with van der Waals surface area (Å²) in [5.41, 5.74) is -2.20. The number of benzene rings is 1. The minimum Gasteiger partial charge on any atom is -0.479 e. The summed E-state index contributed by atoms with van der Waals surface area (Å²) in [5.74, 6) is -2.17. The van der Waals surface area contributed by atoms with Crippen LogP contribution < -0.4 is 5.32 Å². The van der Waals surface area contributed by atoms with Gasteiger partial charge in [-0.25, -0.2) is 9.48 Å². The third-order valence-electron chi connectivity index (χ3n) is 4.49. The highest BCUT2D eigenvalue weighted by Gasteiger charge is 2.36. The van der Waals surface area contributed by atoms with E-state index in [1.165, 1.54) is 23.0 Å². The second-order valence-electron chi connectivity index (χ2n) is 6.94. The first-order valence-corrected chi connectivity index (χ1v) is 8.50. The highest BCUT2D eigenvalue weighted by molar-refractivity contribution is 5.96. The van der Waals surface area contributed by atoms with Crippen LogP contribution in [0.15, 0.2) is 30.5 Å². The summed E-state index contributed by atoms with van der Waals surface area (Å²) in [5, 5.41) is 25.1. The van der Waals surface area contributed by atoms with Crippen LogP contribution in [-0.2, 0) is 11.0 Å². The Morgan fingerprint density at radius 1 is 1.32 bits per heavy atom. The topological polar surface area (TPSA) is 104 Å². The van der Waals surface area contributed by atoms with Gasteiger partial charge in [0.1, 0.15) is 0 Å². The van der Waals surface area contributed by atoms with Crippen LogP contribution in [0.1, 0.15) is 47.3 Å². The zero-order valence-electron chi connectivity index (χ0n) is 14.8. The molecule has 7 nitrogen and oxygen atoms in total. The molecule has 1 atom stereocenters. The lowest BCUT2D eigenvalue weighted by Crippen LogP contribution is -2.46. The molecule has 1 fully saturated rings. The minimum absolute atomic E-state index is 0.0298. The van der Waals surface area contributed by atoms with Crippen LogP contribution in [0.2, 0.25) is 0 Å². The van der Waals surface area contributed by atoms with Gasteiger partial charge in [0.25, 0.3) is 5.91 Å². The Kier molecular flexibility index (Phi) is 4.92. The van der Waals surface area contributed by atoms with Gasteiger partial charge in [0.2, 0.25) is 0 Å². The number of hydrogen-bond donors (Lipinski definition) is 3. The molecule has 1 heterocycles. The zero-order valence-corrected chi connectivity index (χ0v) is 14.8. The molecule has 3 rings (SSSR count). The number of aromatic nitrogens is 2. The van der Waals surface area contributed by atoms with E-state index in [4.69, 9.17) is 5.11 Å². The van der Waals surface area contributed by atoms with E-state index in [0.717, 1.165) is 31.9 Å². The Labute approximate surface area is 157 Å². The Morgan fingerprint density at radius 2 is 2.00 bits per heavy atom. The van der Waals surface area contributed by atoms with E-state index < -0.39 is 35.8 Å². The number of carboxylic acid groups (broad SMARTS) is 1. The number of aliphatic carboxylic acids is 1. The summed E-state index contributed by atoms with van der Waals surface area (Å²) >= 11 is 0. The highest BCUT2D eigenvalue weighted by atomic mass is 19.4. The number of aliphatic hydroxyl groups is 1. The number of nitrogens with one attached hydrogen (secondary N) is 1. The molecule has 1 amide bonds. The maximum Gasteiger partial charge on any atom is 0.416 e. The van der Waals surface area contributed by atoms with Crippen LogP contribution in [0.5, 0.6) is 0 Å². The summed E-state index contributed by atoms with van der Waals surface area (Å²) in [7, 11) is 0. The minimum atomic E-state index is -4.51. The molecule has 0 bridgehead atoms. The van der Waals surface area contributed by atoms with Crippen molar-refractivity contribution in [3.63, 3.8) is 0 Å². The Balaban J connectivity index is 1.91. The molecule has 1 aliphatic carbocycles. The van der Waals surface area contributed by atoms with Crippen molar-refractivity contribution in [2.45, 2.75) is 37.5 Å². The fraction of sp³-hybridized carbons (Fsp3) is 0.389. The normalized spacial score (nSPS) is 16.5. The van der Waals surface area contributed by atoms with Crippen molar-refractivity contribution >= 4 is 11.9 Å². The maximum absolute atomic E-state index is 13.0. The number of alkyl halides is 3. The average Bonchev–Trinajstić information content (AvgIpc) is 3.37. The highest BCUT2D eigenvalue weighted by Crippen LogP contribution is 2.42. The first-order chi connectivity index (χ1) is 13.0. The number of rotatable bonds is 6. The van der Waals surface area contributed by atoms with Crippen molar-refractivity contribution in [3.05, 3.63) is 47.3 Å². The van der Waals surface area contributed by atoms with Crippen LogP contribution in [0.4, 0.5) is 13.2 Å². The van der Waals surface area contributed by atoms with Crippen LogP contribution >= 0.6 is 0 Å². The number of carbonyl (C=O) groups excluding carboxylic acids is 1. The quantitative estimate of drug-likeness (QED) is 0.694. The Morgan fingerprint density at radius 3 is 2.57 bits per heavy atom. The van der Waals surface area contributed by atoms with Crippen molar-refractivity contribution in [2.75, 3.05) is 6.54 Å². The first kappa shape index (κ1) is 19.9. The van der Waals surface area contributed by atoms with Crippen LogP contribution in [-0.4, -0.2) is 44.0 Å². The van der Waals surface area contributed by atoms with Crippen molar-refractivity contribution in [3.8, 4) is 5.69 Å². The second-order valence-corrected chi connectivity index (χ2v) is 6.94. The van der Waals surface area contributed by atoms with Crippen molar-refractivity contribution in [2.24, 2.45) is 0 Å². The summed E-state index contributed by atoms with van der Waals surface area (Å²) < 4.78 is 40.3. The zero-order chi connectivity index (χ0) is 20.7. The predicted molar refractivity (Wildman–Crippen MR) is 91.1 cm³/mol. The first-order valence-electron chi connectivity index (χ1n) is 8.50. The van der Waals surface area contributed by atoms with Gasteiger partial charge in [-0.15, -0.1) is 0 Å². The molecular weight excluding hydrogens is 379 g/mol. The Hall–Kier alpha value is -2.88. The maximum atomic E-state index is 13.0. The van der Waals surface area contributed by atoms with Crippen LogP contribution in [0.25, 0.3) is 5.69 Å². The van der Waals surface area contributed by atoms with E-state index in [-0.39, 0.29) is 17.2 Å². The number of halogens is 3. The molecule has 150 valence electrons. The summed E-state index contributed by atoms with van der Waals surface area (Å²) in [6.45, 7) is 0.517. The third kappa shape index (κ3) is 4.01. The van der Waals surface area contributed by atoms with Gasteiger partial charge >= 0.3 is 12.1 Å². The van der Waals surface area contributed by atoms with E-state index in [1.54, 1.807) is 0 Å². The molecule has 0 aliphatic heterocycles. The van der Waals surface area contributed by atoms with Gasteiger partial charge < -0.3 is 15.5 Å². The molecule has 1 aromatic heterocycles. The standard InChI is InChI=1S/C18H18F3N3O4/c1-17(28,16(26)27)9-22-15(25)13-8-23-24(14(13)10-5-6-10)12-4-2-3-11(7-12)18(19,20)21/h2-4,7-8,10,28H,5-6,9H2,1H3,(H,22,25)(H,26,27). The number of carboxylic acids is 1. The molecule has 1 unspecified atom stereocenters. The second kappa shape index (κ2) is 6.93. The molecule has 1 saturated carbocycles. The molecule has 2 aromatic rings. The van der Waals surface area contributed by atoms with Gasteiger partial charge in [-0.05, 0) is 38.0 Å². The fourth-order valence-electron chi connectivity index (χ4n) is 2.73. The third-order valence-corrected chi connectivity index (χ3v) is 4.49. The van der Waals surface area contributed by atoms with Gasteiger partial charge in [0.15, 0.2) is 5.60 Å². The van der Waals surface area contributed by atoms with E-state index in [1.807, 2.05) is 0 Å². The largest absolute Gasteiger partial charge is 0.479 e. The van der Waals surface area contributed by atoms with Gasteiger partial charge in [-0.2, -0.15) is 18.3 Å². The van der Waals surface area contributed by atoms with Crippen LogP contribution in [0, 0.1) is 0 Å². The molecule has 0 radical (unpaired) electrons. The fourth-order valence-corrected chi connectivity index (χ4v) is 2.73. The number of hydrogen-bond acceptors (Lipinski definition) is 4. The van der Waals surface area contributed by atoms with Crippen molar-refractivity contribution in [1.82, 2.24) is 15.1 Å². The smallest absolute Gasteiger partial charge is 0.416 e. The molecule has 3 N–H and O–H groups in total. The lowest BCUT2D eigenvalue weighted by atomic mass is 10.1. The van der Waals surface area contributed by atoms with Gasteiger partial charge in [0.05, 0.1) is 35.2 Å². The predicted octanol–water partition coefficient (Wildman–Crippen LogP) is 2.33. The lowest BCUT2D eigenvalue weighted by molar-refractivity contribution is -0.155. The Bertz CT molecular complexity index is 917.